The highest BCUT2D eigenvalue weighted by Gasteiger charge is 2.19. The summed E-state index contributed by atoms with van der Waals surface area (Å²) in [5.74, 6) is 0.513. The fourth-order valence-electron chi connectivity index (χ4n) is 3.37. The number of aryl methyl sites for hydroxylation is 1. The first-order valence-electron chi connectivity index (χ1n) is 8.91. The molecule has 6 heteroatoms. The number of rotatable bonds is 8. The molecule has 1 fully saturated rings. The van der Waals surface area contributed by atoms with Gasteiger partial charge in [-0.2, -0.15) is 11.1 Å². The molecule has 2 heterocycles. The minimum Gasteiger partial charge on any atom is -0.334 e. The lowest BCUT2D eigenvalue weighted by molar-refractivity contribution is 0.446. The van der Waals surface area contributed by atoms with E-state index in [1.54, 1.807) is 0 Å². The van der Waals surface area contributed by atoms with E-state index in [-0.39, 0.29) is 6.17 Å². The van der Waals surface area contributed by atoms with E-state index in [9.17, 15) is 0 Å². The van der Waals surface area contributed by atoms with Crippen molar-refractivity contribution in [1.29, 1.82) is 0 Å². The van der Waals surface area contributed by atoms with Crippen LogP contribution >= 0.6 is 0 Å². The van der Waals surface area contributed by atoms with Gasteiger partial charge in [0.25, 0.3) is 0 Å². The van der Waals surface area contributed by atoms with Crippen molar-refractivity contribution < 1.29 is 0 Å². The van der Waals surface area contributed by atoms with Crippen LogP contribution in [-0.4, -0.2) is 15.7 Å². The van der Waals surface area contributed by atoms with E-state index < -0.39 is 0 Å². The van der Waals surface area contributed by atoms with E-state index in [1.165, 1.54) is 24.1 Å². The summed E-state index contributed by atoms with van der Waals surface area (Å²) in [6.45, 7) is 5.55. The molecule has 130 valence electrons. The number of hydrogen-bond acceptors (Lipinski definition) is 5. The number of benzene rings is 1. The molecule has 0 saturated carbocycles. The van der Waals surface area contributed by atoms with Gasteiger partial charge in [0, 0.05) is 17.8 Å². The number of nitrogens with zero attached hydrogens (tertiary/aromatic N) is 2. The van der Waals surface area contributed by atoms with Crippen LogP contribution in [0.3, 0.4) is 0 Å². The molecule has 1 aliphatic rings. The summed E-state index contributed by atoms with van der Waals surface area (Å²) in [5.41, 5.74) is 15.7. The predicted octanol–water partition coefficient (Wildman–Crippen LogP) is 2.68. The van der Waals surface area contributed by atoms with Gasteiger partial charge in [0.15, 0.2) is 0 Å². The summed E-state index contributed by atoms with van der Waals surface area (Å²) in [6.07, 6.45) is 6.78. The smallest absolute Gasteiger partial charge is 0.0956 e. The molecule has 1 aromatic carbocycles. The van der Waals surface area contributed by atoms with Gasteiger partial charge >= 0.3 is 0 Å². The summed E-state index contributed by atoms with van der Waals surface area (Å²) in [6, 6.07) is 10.5. The fraction of sp³-hybridized carbons (Fsp3) is 0.500. The van der Waals surface area contributed by atoms with Gasteiger partial charge < -0.3 is 4.57 Å². The average Bonchev–Trinajstić information content (AvgIpc) is 3.26. The molecule has 2 aromatic rings. The summed E-state index contributed by atoms with van der Waals surface area (Å²) in [7, 11) is 0. The molecule has 1 saturated heterocycles. The Morgan fingerprint density at radius 3 is 2.62 bits per heavy atom. The zero-order valence-corrected chi connectivity index (χ0v) is 14.5. The highest BCUT2D eigenvalue weighted by Crippen LogP contribution is 2.31. The molecule has 0 radical (unpaired) electrons. The van der Waals surface area contributed by atoms with E-state index in [1.807, 2.05) is 6.33 Å². The lowest BCUT2D eigenvalue weighted by Gasteiger charge is -2.17. The minimum absolute atomic E-state index is 0.263. The van der Waals surface area contributed by atoms with Crippen molar-refractivity contribution in [2.24, 2.45) is 0 Å². The van der Waals surface area contributed by atoms with Gasteiger partial charge in [0.2, 0.25) is 0 Å². The van der Waals surface area contributed by atoms with Crippen LogP contribution in [0.5, 0.6) is 0 Å². The number of hydrazine groups is 3. The Kier molecular flexibility index (Phi) is 5.98. The number of imidazole rings is 1. The van der Waals surface area contributed by atoms with Crippen molar-refractivity contribution in [3.8, 4) is 11.3 Å². The minimum atomic E-state index is 0.263. The normalized spacial score (nSPS) is 16.6. The zero-order chi connectivity index (χ0) is 16.8. The van der Waals surface area contributed by atoms with Crippen molar-refractivity contribution in [2.75, 3.05) is 0 Å². The third-order valence-electron chi connectivity index (χ3n) is 4.56. The van der Waals surface area contributed by atoms with Gasteiger partial charge in [-0.25, -0.2) is 15.8 Å². The third-order valence-corrected chi connectivity index (χ3v) is 4.56. The lowest BCUT2D eigenvalue weighted by Crippen LogP contribution is -2.33. The van der Waals surface area contributed by atoms with Gasteiger partial charge in [0.05, 0.1) is 18.2 Å². The van der Waals surface area contributed by atoms with Gasteiger partial charge in [-0.15, -0.1) is 0 Å². The fourth-order valence-corrected chi connectivity index (χ4v) is 3.37. The molecule has 0 amide bonds. The number of hydrogen-bond donors (Lipinski definition) is 4. The summed E-state index contributed by atoms with van der Waals surface area (Å²) in [4.78, 5) is 4.75. The molecule has 1 aliphatic heterocycles. The van der Waals surface area contributed by atoms with E-state index in [0.29, 0.717) is 5.92 Å². The van der Waals surface area contributed by atoms with Crippen molar-refractivity contribution in [1.82, 2.24) is 31.5 Å². The van der Waals surface area contributed by atoms with Gasteiger partial charge in [0.1, 0.15) is 0 Å². The van der Waals surface area contributed by atoms with Gasteiger partial charge in [-0.3, -0.25) is 0 Å². The molecule has 0 bridgehead atoms. The molecule has 6 nitrogen and oxygen atoms in total. The maximum absolute atomic E-state index is 4.75. The van der Waals surface area contributed by atoms with Crippen molar-refractivity contribution in [3.63, 3.8) is 0 Å². The standard InChI is InChI=1S/C18H28N6/c1-3-8-14(2)18-17(15-9-5-4-6-10-15)19-13-24(18)12-7-11-16-20-22-23-21-16/h4-6,9-10,13-14,16,20-23H,3,7-8,11-12H2,1-2H3. The Labute approximate surface area is 144 Å². The second-order valence-corrected chi connectivity index (χ2v) is 6.46. The Morgan fingerprint density at radius 2 is 1.92 bits per heavy atom. The molecule has 3 rings (SSSR count). The third kappa shape index (κ3) is 4.02. The molecule has 0 aliphatic carbocycles. The number of aromatic nitrogens is 2. The Balaban J connectivity index is 1.76. The Bertz CT molecular complexity index is 618. The summed E-state index contributed by atoms with van der Waals surface area (Å²) < 4.78 is 2.35. The maximum atomic E-state index is 4.75. The van der Waals surface area contributed by atoms with Gasteiger partial charge in [-0.1, -0.05) is 50.6 Å². The summed E-state index contributed by atoms with van der Waals surface area (Å²) >= 11 is 0. The van der Waals surface area contributed by atoms with Gasteiger partial charge in [-0.05, 0) is 25.2 Å². The van der Waals surface area contributed by atoms with Crippen LogP contribution in [0, 0.1) is 0 Å². The first-order chi connectivity index (χ1) is 11.8. The Hall–Kier alpha value is -1.73. The molecule has 1 unspecified atom stereocenters. The lowest BCUT2D eigenvalue weighted by atomic mass is 9.97. The van der Waals surface area contributed by atoms with Crippen molar-refractivity contribution in [3.05, 3.63) is 42.4 Å². The quantitative estimate of drug-likeness (QED) is 0.600. The first-order valence-corrected chi connectivity index (χ1v) is 8.91. The van der Waals surface area contributed by atoms with E-state index in [0.717, 1.165) is 25.1 Å². The monoisotopic (exact) mass is 328 g/mol. The van der Waals surface area contributed by atoms with Crippen LogP contribution in [0.15, 0.2) is 36.7 Å². The highest BCUT2D eigenvalue weighted by atomic mass is 15.8. The number of nitrogens with one attached hydrogen (secondary N) is 4. The predicted molar refractivity (Wildman–Crippen MR) is 96.6 cm³/mol. The molecular weight excluding hydrogens is 300 g/mol. The van der Waals surface area contributed by atoms with Crippen molar-refractivity contribution in [2.45, 2.75) is 58.2 Å². The van der Waals surface area contributed by atoms with Crippen LogP contribution < -0.4 is 21.9 Å². The zero-order valence-electron chi connectivity index (χ0n) is 14.5. The van der Waals surface area contributed by atoms with Crippen LogP contribution in [0.1, 0.15) is 51.1 Å². The van der Waals surface area contributed by atoms with E-state index in [4.69, 9.17) is 4.98 Å². The van der Waals surface area contributed by atoms with Crippen molar-refractivity contribution >= 4 is 0 Å². The Morgan fingerprint density at radius 1 is 1.17 bits per heavy atom. The second kappa shape index (κ2) is 8.39. The molecule has 0 spiro atoms. The van der Waals surface area contributed by atoms with E-state index in [2.05, 4.69) is 70.7 Å². The first kappa shape index (κ1) is 17.1. The molecule has 1 aromatic heterocycles. The van der Waals surface area contributed by atoms with Crippen LogP contribution in [-0.2, 0) is 6.54 Å². The molecule has 1 atom stereocenters. The maximum Gasteiger partial charge on any atom is 0.0956 e. The molecule has 4 N–H and O–H groups in total. The molecular formula is C18H28N6. The van der Waals surface area contributed by atoms with Crippen LogP contribution in [0.25, 0.3) is 11.3 Å². The van der Waals surface area contributed by atoms with E-state index >= 15 is 0 Å². The second-order valence-electron chi connectivity index (χ2n) is 6.46. The largest absolute Gasteiger partial charge is 0.334 e. The van der Waals surface area contributed by atoms with Crippen LogP contribution in [0.4, 0.5) is 0 Å². The SMILES string of the molecule is CCCC(C)c1c(-c2ccccc2)ncn1CCCC1NNNN1. The average molecular weight is 328 g/mol. The van der Waals surface area contributed by atoms with Crippen LogP contribution in [0.2, 0.25) is 0 Å². The highest BCUT2D eigenvalue weighted by molar-refractivity contribution is 5.62. The topological polar surface area (TPSA) is 65.9 Å². The molecule has 24 heavy (non-hydrogen) atoms. The summed E-state index contributed by atoms with van der Waals surface area (Å²) in [5, 5.41) is 0.